The van der Waals surface area contributed by atoms with Crippen molar-refractivity contribution in [3.05, 3.63) is 56.8 Å². The number of esters is 1. The lowest BCUT2D eigenvalue weighted by Crippen LogP contribution is -2.03. The number of carbonyl (C=O) groups excluding carboxylic acids is 1. The van der Waals surface area contributed by atoms with Gasteiger partial charge in [0, 0.05) is 28.5 Å². The van der Waals surface area contributed by atoms with Crippen molar-refractivity contribution in [1.29, 1.82) is 0 Å². The van der Waals surface area contributed by atoms with E-state index in [0.29, 0.717) is 52.8 Å². The number of carbonyl (C=O) groups is 1. The zero-order chi connectivity index (χ0) is 21.6. The van der Waals surface area contributed by atoms with E-state index in [4.69, 9.17) is 27.9 Å². The second kappa shape index (κ2) is 10.7. The van der Waals surface area contributed by atoms with Crippen LogP contribution in [0.25, 0.3) is 0 Å². The second-order valence-corrected chi connectivity index (χ2v) is 7.86. The van der Waals surface area contributed by atoms with Gasteiger partial charge >= 0.3 is 5.97 Å². The lowest BCUT2D eigenvalue weighted by Gasteiger charge is -2.15. The van der Waals surface area contributed by atoms with E-state index in [0.717, 1.165) is 0 Å². The fraction of sp³-hybridized carbons (Fsp3) is 0.409. The predicted molar refractivity (Wildman–Crippen MR) is 113 cm³/mol. The number of phenols is 1. The molecule has 0 saturated heterocycles. The van der Waals surface area contributed by atoms with Crippen LogP contribution in [0.3, 0.4) is 0 Å². The first-order valence-electron chi connectivity index (χ1n) is 9.42. The Morgan fingerprint density at radius 2 is 1.83 bits per heavy atom. The highest BCUT2D eigenvalue weighted by Crippen LogP contribution is 2.35. The summed E-state index contributed by atoms with van der Waals surface area (Å²) in [6.45, 7) is 4.05. The molecule has 2 aromatic rings. The summed E-state index contributed by atoms with van der Waals surface area (Å²) < 4.78 is 25.1. The first-order chi connectivity index (χ1) is 13.7. The second-order valence-electron chi connectivity index (χ2n) is 7.05. The number of phenolic OH excluding ortho intramolecular Hbond substituents is 1. The summed E-state index contributed by atoms with van der Waals surface area (Å²) >= 11 is 12.7. The van der Waals surface area contributed by atoms with Crippen molar-refractivity contribution in [1.82, 2.24) is 0 Å². The van der Waals surface area contributed by atoms with Crippen molar-refractivity contribution in [2.45, 2.75) is 45.4 Å². The van der Waals surface area contributed by atoms with Crippen molar-refractivity contribution in [2.75, 3.05) is 13.7 Å². The maximum atomic E-state index is 14.8. The fourth-order valence-corrected chi connectivity index (χ4v) is 3.60. The summed E-state index contributed by atoms with van der Waals surface area (Å²) in [4.78, 5) is 11.1. The average Bonchev–Trinajstić information content (AvgIpc) is 2.65. The van der Waals surface area contributed by atoms with Crippen LogP contribution in [0.4, 0.5) is 4.39 Å². The normalized spacial score (nSPS) is 11.0. The lowest BCUT2D eigenvalue weighted by atomic mass is 9.95. The van der Waals surface area contributed by atoms with Gasteiger partial charge < -0.3 is 14.6 Å². The molecule has 1 N–H and O–H groups in total. The Labute approximate surface area is 180 Å². The van der Waals surface area contributed by atoms with Crippen LogP contribution in [0.1, 0.15) is 55.7 Å². The van der Waals surface area contributed by atoms with Gasteiger partial charge in [-0.2, -0.15) is 0 Å². The molecule has 7 heteroatoms. The van der Waals surface area contributed by atoms with Crippen LogP contribution in [-0.4, -0.2) is 24.8 Å². The molecule has 0 aliphatic heterocycles. The number of rotatable bonds is 9. The van der Waals surface area contributed by atoms with Gasteiger partial charge in [-0.1, -0.05) is 43.1 Å². The number of hydrogen-bond acceptors (Lipinski definition) is 4. The molecule has 0 aromatic heterocycles. The molecule has 4 nitrogen and oxygen atoms in total. The molecule has 0 spiro atoms. The van der Waals surface area contributed by atoms with Crippen molar-refractivity contribution < 1.29 is 23.8 Å². The minimum atomic E-state index is -0.446. The van der Waals surface area contributed by atoms with Gasteiger partial charge in [0.1, 0.15) is 17.3 Å². The van der Waals surface area contributed by atoms with Gasteiger partial charge in [-0.25, -0.2) is 4.39 Å². The minimum Gasteiger partial charge on any atom is -0.508 e. The SMILES string of the molecule is COC(=O)CCCCOc1cc(Cl)c(Cc2ccc(O)c(C(C)C)c2F)c(Cl)c1. The van der Waals surface area contributed by atoms with E-state index in [1.807, 2.05) is 13.8 Å². The van der Waals surface area contributed by atoms with E-state index in [-0.39, 0.29) is 29.6 Å². The van der Waals surface area contributed by atoms with Crippen LogP contribution in [0.15, 0.2) is 24.3 Å². The molecule has 0 saturated carbocycles. The van der Waals surface area contributed by atoms with Crippen molar-refractivity contribution >= 4 is 29.2 Å². The van der Waals surface area contributed by atoms with Gasteiger partial charge in [0.15, 0.2) is 0 Å². The van der Waals surface area contributed by atoms with E-state index in [1.54, 1.807) is 12.1 Å². The molecule has 0 amide bonds. The monoisotopic (exact) mass is 442 g/mol. The van der Waals surface area contributed by atoms with E-state index < -0.39 is 5.82 Å². The molecule has 0 fully saturated rings. The van der Waals surface area contributed by atoms with Crippen LogP contribution in [-0.2, 0) is 16.0 Å². The third-order valence-corrected chi connectivity index (χ3v) is 5.24. The average molecular weight is 443 g/mol. The third-order valence-electron chi connectivity index (χ3n) is 4.57. The van der Waals surface area contributed by atoms with Crippen LogP contribution in [0, 0.1) is 5.82 Å². The quantitative estimate of drug-likeness (QED) is 0.366. The van der Waals surface area contributed by atoms with Gasteiger partial charge in [-0.3, -0.25) is 4.79 Å². The standard InChI is InChI=1S/C22H25Cl2FO4/c1-13(2)21-19(26)8-7-14(22(21)25)10-16-17(23)11-15(12-18(16)24)29-9-5-4-6-20(27)28-3/h7-8,11-13,26H,4-6,9-10H2,1-3H3. The molecule has 29 heavy (non-hydrogen) atoms. The highest BCUT2D eigenvalue weighted by molar-refractivity contribution is 6.36. The number of methoxy groups -OCH3 is 1. The Bertz CT molecular complexity index is 845. The van der Waals surface area contributed by atoms with Crippen molar-refractivity contribution in [3.63, 3.8) is 0 Å². The van der Waals surface area contributed by atoms with Crippen LogP contribution >= 0.6 is 23.2 Å². The number of hydrogen-bond donors (Lipinski definition) is 1. The summed E-state index contributed by atoms with van der Waals surface area (Å²) in [6, 6.07) is 6.31. The summed E-state index contributed by atoms with van der Waals surface area (Å²) in [6.07, 6.45) is 1.88. The van der Waals surface area contributed by atoms with Gasteiger partial charge in [-0.05, 0) is 48.1 Å². The minimum absolute atomic E-state index is 0.0607. The van der Waals surface area contributed by atoms with E-state index in [9.17, 15) is 14.3 Å². The van der Waals surface area contributed by atoms with Gasteiger partial charge in [0.05, 0.1) is 13.7 Å². The van der Waals surface area contributed by atoms with Gasteiger partial charge in [-0.15, -0.1) is 0 Å². The predicted octanol–water partition coefficient (Wildman–Crippen LogP) is 6.27. The molecule has 0 radical (unpaired) electrons. The molecule has 2 aromatic carbocycles. The van der Waals surface area contributed by atoms with Crippen LogP contribution < -0.4 is 4.74 Å². The van der Waals surface area contributed by atoms with Gasteiger partial charge in [0.25, 0.3) is 0 Å². The first-order valence-corrected chi connectivity index (χ1v) is 10.2. The third kappa shape index (κ3) is 6.25. The number of unbranched alkanes of at least 4 members (excludes halogenated alkanes) is 1. The highest BCUT2D eigenvalue weighted by atomic mass is 35.5. The van der Waals surface area contributed by atoms with Crippen LogP contribution in [0.5, 0.6) is 11.5 Å². The maximum absolute atomic E-state index is 14.8. The van der Waals surface area contributed by atoms with E-state index in [2.05, 4.69) is 4.74 Å². The topological polar surface area (TPSA) is 55.8 Å². The molecule has 0 bridgehead atoms. The van der Waals surface area contributed by atoms with E-state index >= 15 is 0 Å². The molecule has 0 atom stereocenters. The van der Waals surface area contributed by atoms with Crippen molar-refractivity contribution in [2.24, 2.45) is 0 Å². The van der Waals surface area contributed by atoms with E-state index in [1.165, 1.54) is 19.2 Å². The summed E-state index contributed by atoms with van der Waals surface area (Å²) in [5.74, 6) is -0.401. The highest BCUT2D eigenvalue weighted by Gasteiger charge is 2.18. The first kappa shape index (κ1) is 23.3. The molecular weight excluding hydrogens is 418 g/mol. The summed E-state index contributed by atoms with van der Waals surface area (Å²) in [5.41, 5.74) is 1.28. The number of aromatic hydroxyl groups is 1. The zero-order valence-electron chi connectivity index (χ0n) is 16.7. The molecular formula is C22H25Cl2FO4. The molecule has 0 heterocycles. The number of halogens is 3. The van der Waals surface area contributed by atoms with Crippen molar-refractivity contribution in [3.8, 4) is 11.5 Å². The number of benzene rings is 2. The Morgan fingerprint density at radius 3 is 2.41 bits per heavy atom. The molecule has 0 aliphatic rings. The molecule has 0 unspecified atom stereocenters. The maximum Gasteiger partial charge on any atom is 0.305 e. The smallest absolute Gasteiger partial charge is 0.305 e. The molecule has 2 rings (SSSR count). The lowest BCUT2D eigenvalue weighted by molar-refractivity contribution is -0.140. The van der Waals surface area contributed by atoms with Crippen LogP contribution in [0.2, 0.25) is 10.0 Å². The number of ether oxygens (including phenoxy) is 2. The Kier molecular flexibility index (Phi) is 8.60. The summed E-state index contributed by atoms with van der Waals surface area (Å²) in [5, 5.41) is 10.7. The Morgan fingerprint density at radius 1 is 1.17 bits per heavy atom. The largest absolute Gasteiger partial charge is 0.508 e. The van der Waals surface area contributed by atoms with Gasteiger partial charge in [0.2, 0.25) is 0 Å². The fourth-order valence-electron chi connectivity index (χ4n) is 3.00. The Hall–Kier alpha value is -1.98. The zero-order valence-corrected chi connectivity index (χ0v) is 18.2. The summed E-state index contributed by atoms with van der Waals surface area (Å²) in [7, 11) is 1.36. The Balaban J connectivity index is 2.09. The molecule has 158 valence electrons. The molecule has 0 aliphatic carbocycles.